The van der Waals surface area contributed by atoms with Crippen LogP contribution in [0.5, 0.6) is 17.2 Å². The highest BCUT2D eigenvalue weighted by Crippen LogP contribution is 2.39. The number of carbonyl (C=O) groups is 1. The van der Waals surface area contributed by atoms with Crippen LogP contribution in [0.2, 0.25) is 0 Å². The lowest BCUT2D eigenvalue weighted by molar-refractivity contribution is -0.191. The van der Waals surface area contributed by atoms with Crippen molar-refractivity contribution in [3.8, 4) is 17.2 Å². The van der Waals surface area contributed by atoms with Gasteiger partial charge in [0.15, 0.2) is 6.10 Å². The van der Waals surface area contributed by atoms with Gasteiger partial charge >= 0.3 is 18.3 Å². The van der Waals surface area contributed by atoms with Crippen LogP contribution in [0.1, 0.15) is 43.9 Å². The van der Waals surface area contributed by atoms with E-state index >= 15 is 0 Å². The quantitative estimate of drug-likeness (QED) is 0.317. The highest BCUT2D eigenvalue weighted by molar-refractivity contribution is 5.85. The van der Waals surface area contributed by atoms with Crippen molar-refractivity contribution in [3.05, 3.63) is 58.7 Å². The van der Waals surface area contributed by atoms with E-state index < -0.39 is 35.7 Å². The van der Waals surface area contributed by atoms with E-state index in [0.717, 1.165) is 17.2 Å². The number of benzene rings is 2. The summed E-state index contributed by atoms with van der Waals surface area (Å²) in [6, 6.07) is 7.81. The van der Waals surface area contributed by atoms with Crippen molar-refractivity contribution >= 4 is 24.5 Å². The first kappa shape index (κ1) is 34.1. The normalized spacial score (nSPS) is 16.7. The maximum atomic E-state index is 13.5. The number of aliphatic carboxylic acids is 1. The lowest BCUT2D eigenvalue weighted by atomic mass is 9.96. The van der Waals surface area contributed by atoms with Gasteiger partial charge in [-0.3, -0.25) is 9.69 Å². The lowest BCUT2D eigenvalue weighted by Gasteiger charge is -2.31. The van der Waals surface area contributed by atoms with Gasteiger partial charge in [0.1, 0.15) is 30.5 Å². The molecule has 2 aliphatic rings. The first-order valence-corrected chi connectivity index (χ1v) is 12.3. The van der Waals surface area contributed by atoms with Gasteiger partial charge in [0.05, 0.1) is 11.5 Å². The van der Waals surface area contributed by atoms with Crippen LogP contribution in [0.25, 0.3) is 6.08 Å². The predicted molar refractivity (Wildman–Crippen MR) is 143 cm³/mol. The van der Waals surface area contributed by atoms with E-state index in [-0.39, 0.29) is 37.9 Å². The topological polar surface area (TPSA) is 68.2 Å². The molecule has 0 unspecified atom stereocenters. The molecule has 1 atom stereocenters. The fourth-order valence-electron chi connectivity index (χ4n) is 4.41. The second kappa shape index (κ2) is 13.7. The molecule has 0 aromatic heterocycles. The Labute approximate surface area is 240 Å². The van der Waals surface area contributed by atoms with Crippen LogP contribution in [0.3, 0.4) is 0 Å². The summed E-state index contributed by atoms with van der Waals surface area (Å²) >= 11 is 0. The Hall–Kier alpha value is -3.12. The highest BCUT2D eigenvalue weighted by atomic mass is 35.5. The Morgan fingerprint density at radius 1 is 1.10 bits per heavy atom. The molecule has 0 spiro atoms. The molecule has 1 N–H and O–H groups in total. The number of fused-ring (bicyclic) bond motifs is 1. The standard InChI is InChI=1S/C27H27F6NO5.CH4.ClH/c1-16(26(28,29)30)39-23-5-2-17(11-22(23)27(31,32)33)14-37-21-4-3-20-10-18(15-38-24(20)12-21)13-34-8-6-19(7-9-34)25(35)36;;/h2-5,10-12,16,19H,6-9,13-15H2,1H3,(H,35,36);1H4;1H/t16-;;/m0../s1. The van der Waals surface area contributed by atoms with Crippen LogP contribution in [0.4, 0.5) is 26.3 Å². The SMILES string of the molecule is C.C[C@H](Oc1ccc(COc2ccc3c(c2)OCC(CN2CCC(C(=O)O)CC2)=C3)cc1C(F)(F)F)C(F)(F)F.Cl. The zero-order chi connectivity index (χ0) is 28.4. The molecule has 2 heterocycles. The molecule has 6 nitrogen and oxygen atoms in total. The molecule has 2 aliphatic heterocycles. The number of alkyl halides is 6. The Morgan fingerprint density at radius 2 is 1.78 bits per heavy atom. The number of hydrogen-bond donors (Lipinski definition) is 1. The van der Waals surface area contributed by atoms with E-state index in [9.17, 15) is 31.1 Å². The summed E-state index contributed by atoms with van der Waals surface area (Å²) in [5.41, 5.74) is 0.621. The van der Waals surface area contributed by atoms with Crippen molar-refractivity contribution in [1.29, 1.82) is 0 Å². The van der Waals surface area contributed by atoms with E-state index in [1.165, 1.54) is 6.07 Å². The van der Waals surface area contributed by atoms with Crippen molar-refractivity contribution in [3.63, 3.8) is 0 Å². The van der Waals surface area contributed by atoms with Gasteiger partial charge in [0.2, 0.25) is 0 Å². The van der Waals surface area contributed by atoms with Crippen molar-refractivity contribution in [2.24, 2.45) is 5.92 Å². The number of carboxylic acids is 1. The molecular weight excluding hydrogens is 580 g/mol. The van der Waals surface area contributed by atoms with Gasteiger partial charge in [-0.25, -0.2) is 0 Å². The van der Waals surface area contributed by atoms with Crippen LogP contribution in [0, 0.1) is 5.92 Å². The minimum absolute atomic E-state index is 0. The first-order valence-electron chi connectivity index (χ1n) is 12.3. The summed E-state index contributed by atoms with van der Waals surface area (Å²) in [6.45, 7) is 2.76. The smallest absolute Gasteiger partial charge is 0.425 e. The summed E-state index contributed by atoms with van der Waals surface area (Å²) < 4.78 is 94.9. The molecule has 2 aromatic rings. The predicted octanol–water partition coefficient (Wildman–Crippen LogP) is 7.24. The average Bonchev–Trinajstić information content (AvgIpc) is 2.87. The molecular formula is C28H32ClF6NO5. The number of likely N-dealkylation sites (tertiary alicyclic amines) is 1. The van der Waals surface area contributed by atoms with E-state index in [2.05, 4.69) is 9.64 Å². The molecule has 4 rings (SSSR count). The van der Waals surface area contributed by atoms with Crippen molar-refractivity contribution in [2.45, 2.75) is 52.3 Å². The average molecular weight is 612 g/mol. The number of rotatable bonds is 8. The number of ether oxygens (including phenoxy) is 3. The van der Waals surface area contributed by atoms with Crippen LogP contribution in [0.15, 0.2) is 42.0 Å². The molecule has 13 heteroatoms. The second-order valence-electron chi connectivity index (χ2n) is 9.60. The molecule has 0 saturated carbocycles. The fraction of sp³-hybridized carbons (Fsp3) is 0.464. The third-order valence-electron chi connectivity index (χ3n) is 6.64. The van der Waals surface area contributed by atoms with Crippen LogP contribution >= 0.6 is 12.4 Å². The molecule has 0 amide bonds. The molecule has 0 radical (unpaired) electrons. The van der Waals surface area contributed by atoms with Gasteiger partial charge in [-0.1, -0.05) is 13.5 Å². The summed E-state index contributed by atoms with van der Waals surface area (Å²) in [5, 5.41) is 9.14. The molecule has 0 aliphatic carbocycles. The number of carboxylic acid groups (broad SMARTS) is 1. The number of nitrogens with zero attached hydrogens (tertiary/aromatic N) is 1. The van der Waals surface area contributed by atoms with Crippen LogP contribution in [-0.2, 0) is 17.6 Å². The molecule has 1 fully saturated rings. The minimum atomic E-state index is -4.92. The summed E-state index contributed by atoms with van der Waals surface area (Å²) in [7, 11) is 0. The molecule has 0 bridgehead atoms. The van der Waals surface area contributed by atoms with Crippen molar-refractivity contribution in [2.75, 3.05) is 26.2 Å². The summed E-state index contributed by atoms with van der Waals surface area (Å²) in [6.07, 6.45) is -8.94. The van der Waals surface area contributed by atoms with Crippen LogP contribution in [-0.4, -0.2) is 54.5 Å². The van der Waals surface area contributed by atoms with Gasteiger partial charge in [0.25, 0.3) is 0 Å². The van der Waals surface area contributed by atoms with Crippen LogP contribution < -0.4 is 14.2 Å². The van der Waals surface area contributed by atoms with Gasteiger partial charge < -0.3 is 19.3 Å². The van der Waals surface area contributed by atoms with Gasteiger partial charge in [0, 0.05) is 18.2 Å². The Morgan fingerprint density at radius 3 is 2.39 bits per heavy atom. The zero-order valence-corrected chi connectivity index (χ0v) is 22.2. The molecule has 41 heavy (non-hydrogen) atoms. The zero-order valence-electron chi connectivity index (χ0n) is 21.3. The maximum absolute atomic E-state index is 13.5. The van der Waals surface area contributed by atoms with Crippen molar-refractivity contribution < 1.29 is 50.5 Å². The third-order valence-corrected chi connectivity index (χ3v) is 6.64. The molecule has 1 saturated heterocycles. The lowest BCUT2D eigenvalue weighted by Crippen LogP contribution is -2.38. The highest BCUT2D eigenvalue weighted by Gasteiger charge is 2.41. The van der Waals surface area contributed by atoms with E-state index in [1.54, 1.807) is 18.2 Å². The third kappa shape index (κ3) is 8.93. The molecule has 228 valence electrons. The largest absolute Gasteiger partial charge is 0.489 e. The fourth-order valence-corrected chi connectivity index (χ4v) is 4.41. The Balaban J connectivity index is 0.00000294. The number of halogens is 7. The first-order chi connectivity index (χ1) is 18.3. The van der Waals surface area contributed by atoms with E-state index in [0.29, 0.717) is 63.6 Å². The van der Waals surface area contributed by atoms with Crippen molar-refractivity contribution in [1.82, 2.24) is 4.90 Å². The van der Waals surface area contributed by atoms with E-state index in [4.69, 9.17) is 14.6 Å². The van der Waals surface area contributed by atoms with Gasteiger partial charge in [-0.15, -0.1) is 12.4 Å². The van der Waals surface area contributed by atoms with Gasteiger partial charge in [-0.05, 0) is 74.3 Å². The maximum Gasteiger partial charge on any atom is 0.425 e. The number of piperidine rings is 1. The number of hydrogen-bond acceptors (Lipinski definition) is 5. The Kier molecular flexibility index (Phi) is 11.4. The van der Waals surface area contributed by atoms with E-state index in [1.807, 2.05) is 6.08 Å². The minimum Gasteiger partial charge on any atom is -0.489 e. The Bertz CT molecular complexity index is 1230. The summed E-state index contributed by atoms with van der Waals surface area (Å²) in [5.74, 6) is -1.08. The summed E-state index contributed by atoms with van der Waals surface area (Å²) in [4.78, 5) is 13.3. The molecule has 2 aromatic carbocycles. The monoisotopic (exact) mass is 611 g/mol. The van der Waals surface area contributed by atoms with Gasteiger partial charge in [-0.2, -0.15) is 26.3 Å². The second-order valence-corrected chi connectivity index (χ2v) is 9.60.